The first kappa shape index (κ1) is 8.46. The Bertz CT molecular complexity index is 163. The monoisotopic (exact) mass is 161 g/mol. The van der Waals surface area contributed by atoms with E-state index in [2.05, 4.69) is 4.74 Å². The predicted molar refractivity (Wildman–Crippen MR) is 37.9 cm³/mol. The first-order valence-corrected chi connectivity index (χ1v) is 3.57. The van der Waals surface area contributed by atoms with E-state index in [0.29, 0.717) is 6.54 Å². The lowest BCUT2D eigenvalue weighted by atomic mass is 10.2. The highest BCUT2D eigenvalue weighted by molar-refractivity contribution is 5.76. The van der Waals surface area contributed by atoms with Crippen LogP contribution in [0, 0.1) is 0 Å². The van der Waals surface area contributed by atoms with E-state index in [1.807, 2.05) is 0 Å². The van der Waals surface area contributed by atoms with Crippen molar-refractivity contribution in [2.24, 2.45) is 0 Å². The third-order valence-corrected chi connectivity index (χ3v) is 1.97. The van der Waals surface area contributed by atoms with E-state index in [1.165, 1.54) is 7.11 Å². The van der Waals surface area contributed by atoms with Crippen LogP contribution in [0.3, 0.4) is 0 Å². The molecule has 0 spiro atoms. The van der Waals surface area contributed by atoms with Crippen molar-refractivity contribution in [1.29, 1.82) is 0 Å². The summed E-state index contributed by atoms with van der Waals surface area (Å²) in [4.78, 5) is 12.6. The topological polar surface area (TPSA) is 29.5 Å². The van der Waals surface area contributed by atoms with Gasteiger partial charge in [-0.2, -0.15) is 0 Å². The fourth-order valence-corrected chi connectivity index (χ4v) is 1.35. The zero-order valence-electron chi connectivity index (χ0n) is 6.71. The molecule has 0 saturated carbocycles. The number of rotatable bonds is 1. The van der Waals surface area contributed by atoms with Gasteiger partial charge in [-0.25, -0.2) is 4.39 Å². The molecule has 0 aromatic rings. The normalized spacial score (nSPS) is 32.3. The first-order chi connectivity index (χ1) is 5.15. The summed E-state index contributed by atoms with van der Waals surface area (Å²) in [5.41, 5.74) is 0. The van der Waals surface area contributed by atoms with Gasteiger partial charge in [0.05, 0.1) is 7.11 Å². The lowest BCUT2D eigenvalue weighted by Crippen LogP contribution is -2.33. The van der Waals surface area contributed by atoms with Crippen LogP contribution in [0.1, 0.15) is 6.42 Å². The van der Waals surface area contributed by atoms with Crippen molar-refractivity contribution in [1.82, 2.24) is 4.90 Å². The number of nitrogens with zero attached hydrogens (tertiary/aromatic N) is 1. The number of likely N-dealkylation sites (tertiary alicyclic amines) is 1. The van der Waals surface area contributed by atoms with Gasteiger partial charge < -0.3 is 4.74 Å². The smallest absolute Gasteiger partial charge is 0.323 e. The molecule has 0 radical (unpaired) electrons. The Balaban J connectivity index is 2.52. The number of hydrogen-bond donors (Lipinski definition) is 0. The predicted octanol–water partition coefficient (Wildman–Crippen LogP) is 0.202. The summed E-state index contributed by atoms with van der Waals surface area (Å²) in [6.45, 7) is 0.333. The first-order valence-electron chi connectivity index (χ1n) is 3.57. The average Bonchev–Trinajstić information content (AvgIpc) is 2.28. The van der Waals surface area contributed by atoms with Gasteiger partial charge in [0.15, 0.2) is 0 Å². The Labute approximate surface area is 65.1 Å². The van der Waals surface area contributed by atoms with Gasteiger partial charge in [-0.1, -0.05) is 0 Å². The quantitative estimate of drug-likeness (QED) is 0.514. The Morgan fingerprint density at radius 1 is 1.73 bits per heavy atom. The summed E-state index contributed by atoms with van der Waals surface area (Å²) < 4.78 is 17.2. The number of methoxy groups -OCH3 is 1. The number of carbonyl (C=O) groups is 1. The number of carbonyl (C=O) groups excluding carboxylic acids is 1. The van der Waals surface area contributed by atoms with Crippen LogP contribution < -0.4 is 0 Å². The van der Waals surface area contributed by atoms with Gasteiger partial charge in [0.2, 0.25) is 0 Å². The molecule has 0 unspecified atom stereocenters. The van der Waals surface area contributed by atoms with Gasteiger partial charge in [-0.3, -0.25) is 9.69 Å². The van der Waals surface area contributed by atoms with E-state index in [1.54, 1.807) is 11.9 Å². The Morgan fingerprint density at radius 3 is 2.73 bits per heavy atom. The zero-order valence-corrected chi connectivity index (χ0v) is 6.71. The molecule has 1 saturated heterocycles. The molecular weight excluding hydrogens is 149 g/mol. The molecule has 2 atom stereocenters. The standard InChI is InChI=1S/C7H12FNO2/c1-9-4-5(8)3-6(9)7(10)11-2/h5-6H,3-4H2,1-2H3/t5-,6-/m0/s1. The molecular formula is C7H12FNO2. The summed E-state index contributed by atoms with van der Waals surface area (Å²) >= 11 is 0. The molecule has 0 amide bonds. The maximum absolute atomic E-state index is 12.7. The van der Waals surface area contributed by atoms with E-state index in [9.17, 15) is 9.18 Å². The van der Waals surface area contributed by atoms with Crippen LogP contribution >= 0.6 is 0 Å². The van der Waals surface area contributed by atoms with E-state index in [0.717, 1.165) is 0 Å². The van der Waals surface area contributed by atoms with Crippen LogP contribution in [0.15, 0.2) is 0 Å². The molecule has 11 heavy (non-hydrogen) atoms. The molecule has 0 aromatic carbocycles. The van der Waals surface area contributed by atoms with Crippen molar-refractivity contribution >= 4 is 5.97 Å². The average molecular weight is 161 g/mol. The molecule has 0 N–H and O–H groups in total. The van der Waals surface area contributed by atoms with Crippen LogP contribution in [-0.4, -0.2) is 43.8 Å². The molecule has 3 nitrogen and oxygen atoms in total. The van der Waals surface area contributed by atoms with Crippen LogP contribution in [0.2, 0.25) is 0 Å². The second-order valence-electron chi connectivity index (χ2n) is 2.81. The third kappa shape index (κ3) is 1.68. The molecule has 1 rings (SSSR count). The minimum atomic E-state index is -0.885. The number of alkyl halides is 1. The maximum atomic E-state index is 12.7. The van der Waals surface area contributed by atoms with Gasteiger partial charge in [0.25, 0.3) is 0 Å². The molecule has 1 fully saturated rings. The molecule has 4 heteroatoms. The second kappa shape index (κ2) is 3.17. The fourth-order valence-electron chi connectivity index (χ4n) is 1.35. The molecule has 64 valence electrons. The number of ether oxygens (including phenoxy) is 1. The Hall–Kier alpha value is -0.640. The zero-order chi connectivity index (χ0) is 8.43. The number of likely N-dealkylation sites (N-methyl/N-ethyl adjacent to an activating group) is 1. The highest BCUT2D eigenvalue weighted by Gasteiger charge is 2.34. The SMILES string of the molecule is COC(=O)[C@@H]1C[C@H](F)CN1C. The summed E-state index contributed by atoms with van der Waals surface area (Å²) in [7, 11) is 3.04. The Kier molecular flexibility index (Phi) is 2.44. The van der Waals surface area contributed by atoms with Gasteiger partial charge >= 0.3 is 5.97 Å². The minimum Gasteiger partial charge on any atom is -0.468 e. The number of esters is 1. The van der Waals surface area contributed by atoms with Crippen LogP contribution in [0.5, 0.6) is 0 Å². The van der Waals surface area contributed by atoms with E-state index in [-0.39, 0.29) is 18.4 Å². The van der Waals surface area contributed by atoms with Crippen molar-refractivity contribution in [2.45, 2.75) is 18.6 Å². The molecule has 1 aliphatic heterocycles. The van der Waals surface area contributed by atoms with Gasteiger partial charge in [0.1, 0.15) is 12.2 Å². The molecule has 0 aliphatic carbocycles. The summed E-state index contributed by atoms with van der Waals surface area (Å²) in [5.74, 6) is -0.340. The molecule has 0 aromatic heterocycles. The lowest BCUT2D eigenvalue weighted by molar-refractivity contribution is -0.145. The van der Waals surface area contributed by atoms with Crippen molar-refractivity contribution in [3.63, 3.8) is 0 Å². The van der Waals surface area contributed by atoms with Gasteiger partial charge in [-0.15, -0.1) is 0 Å². The number of hydrogen-bond acceptors (Lipinski definition) is 3. The Morgan fingerprint density at radius 2 is 2.36 bits per heavy atom. The minimum absolute atomic E-state index is 0.267. The summed E-state index contributed by atoms with van der Waals surface area (Å²) in [6.07, 6.45) is -0.618. The van der Waals surface area contributed by atoms with Crippen LogP contribution in [-0.2, 0) is 9.53 Å². The lowest BCUT2D eigenvalue weighted by Gasteiger charge is -2.15. The van der Waals surface area contributed by atoms with Crippen molar-refractivity contribution in [3.05, 3.63) is 0 Å². The highest BCUT2D eigenvalue weighted by Crippen LogP contribution is 2.18. The molecule has 1 aliphatic rings. The second-order valence-corrected chi connectivity index (χ2v) is 2.81. The third-order valence-electron chi connectivity index (χ3n) is 1.97. The summed E-state index contributed by atoms with van der Waals surface area (Å²) in [5, 5.41) is 0. The van der Waals surface area contributed by atoms with Crippen molar-refractivity contribution in [3.8, 4) is 0 Å². The van der Waals surface area contributed by atoms with Crippen LogP contribution in [0.25, 0.3) is 0 Å². The van der Waals surface area contributed by atoms with Crippen molar-refractivity contribution in [2.75, 3.05) is 20.7 Å². The largest absolute Gasteiger partial charge is 0.468 e. The van der Waals surface area contributed by atoms with E-state index in [4.69, 9.17) is 0 Å². The fraction of sp³-hybridized carbons (Fsp3) is 0.857. The summed E-state index contributed by atoms with van der Waals surface area (Å²) in [6, 6.07) is -0.380. The maximum Gasteiger partial charge on any atom is 0.323 e. The van der Waals surface area contributed by atoms with Crippen molar-refractivity contribution < 1.29 is 13.9 Å². The van der Waals surface area contributed by atoms with Gasteiger partial charge in [0, 0.05) is 13.0 Å². The molecule has 1 heterocycles. The van der Waals surface area contributed by atoms with Crippen LogP contribution in [0.4, 0.5) is 4.39 Å². The highest BCUT2D eigenvalue weighted by atomic mass is 19.1. The van der Waals surface area contributed by atoms with E-state index >= 15 is 0 Å². The number of halogens is 1. The van der Waals surface area contributed by atoms with E-state index < -0.39 is 6.17 Å². The van der Waals surface area contributed by atoms with Gasteiger partial charge in [-0.05, 0) is 7.05 Å². The molecule has 0 bridgehead atoms.